The Balaban J connectivity index is 2.05. The normalized spacial score (nSPS) is 18.1. The summed E-state index contributed by atoms with van der Waals surface area (Å²) in [5, 5.41) is 0. The molecule has 1 saturated carbocycles. The van der Waals surface area contributed by atoms with Crippen LogP contribution < -0.4 is 5.73 Å². The fraction of sp³-hybridized carbons (Fsp3) is 0.636. The van der Waals surface area contributed by atoms with E-state index in [1.165, 1.54) is 24.8 Å². The molecule has 3 nitrogen and oxygen atoms in total. The zero-order valence-electron chi connectivity index (χ0n) is 8.61. The Bertz CT molecular complexity index is 290. The van der Waals surface area contributed by atoms with Crippen LogP contribution in [0.5, 0.6) is 0 Å². The zero-order chi connectivity index (χ0) is 9.97. The number of nitrogens with zero attached hydrogens (tertiary/aromatic N) is 2. The first-order chi connectivity index (χ1) is 6.79. The molecule has 1 aromatic heterocycles. The average molecular weight is 191 g/mol. The van der Waals surface area contributed by atoms with Crippen LogP contribution in [0.25, 0.3) is 0 Å². The second-order valence-electron chi connectivity index (χ2n) is 4.18. The smallest absolute Gasteiger partial charge is 0.125 e. The molecule has 1 atom stereocenters. The highest BCUT2D eigenvalue weighted by molar-refractivity contribution is 5.12. The van der Waals surface area contributed by atoms with Crippen LogP contribution in [0.2, 0.25) is 0 Å². The van der Waals surface area contributed by atoms with E-state index in [2.05, 4.69) is 9.97 Å². The third-order valence-electron chi connectivity index (χ3n) is 2.87. The fourth-order valence-corrected chi connectivity index (χ4v) is 1.74. The molecule has 0 unspecified atom stereocenters. The van der Waals surface area contributed by atoms with Gasteiger partial charge in [0.2, 0.25) is 0 Å². The minimum Gasteiger partial charge on any atom is -0.330 e. The summed E-state index contributed by atoms with van der Waals surface area (Å²) in [5.41, 5.74) is 6.96. The summed E-state index contributed by atoms with van der Waals surface area (Å²) >= 11 is 0. The first kappa shape index (κ1) is 9.59. The van der Waals surface area contributed by atoms with Crippen molar-refractivity contribution in [2.24, 2.45) is 11.7 Å². The topological polar surface area (TPSA) is 51.8 Å². The minimum atomic E-state index is 0.461. The van der Waals surface area contributed by atoms with Gasteiger partial charge in [0, 0.05) is 12.4 Å². The van der Waals surface area contributed by atoms with E-state index in [0.29, 0.717) is 12.5 Å². The Hall–Kier alpha value is -0.960. The Kier molecular flexibility index (Phi) is 2.77. The monoisotopic (exact) mass is 191 g/mol. The van der Waals surface area contributed by atoms with Crippen molar-refractivity contribution >= 4 is 0 Å². The minimum absolute atomic E-state index is 0.461. The fourth-order valence-electron chi connectivity index (χ4n) is 1.74. The molecule has 0 spiro atoms. The molecule has 1 heterocycles. The van der Waals surface area contributed by atoms with E-state index in [-0.39, 0.29) is 0 Å². The first-order valence-corrected chi connectivity index (χ1v) is 5.28. The van der Waals surface area contributed by atoms with E-state index >= 15 is 0 Å². The van der Waals surface area contributed by atoms with Gasteiger partial charge in [0.05, 0.1) is 0 Å². The Morgan fingerprint density at radius 1 is 1.43 bits per heavy atom. The molecule has 0 radical (unpaired) electrons. The molecule has 0 bridgehead atoms. The van der Waals surface area contributed by atoms with Crippen LogP contribution in [-0.4, -0.2) is 16.5 Å². The third-order valence-corrected chi connectivity index (χ3v) is 2.87. The first-order valence-electron chi connectivity index (χ1n) is 5.28. The third kappa shape index (κ3) is 2.29. The largest absolute Gasteiger partial charge is 0.330 e. The molecule has 2 rings (SSSR count). The number of hydrogen-bond acceptors (Lipinski definition) is 3. The van der Waals surface area contributed by atoms with Crippen molar-refractivity contribution in [1.82, 2.24) is 9.97 Å². The molecule has 3 heteroatoms. The Morgan fingerprint density at radius 2 is 2.07 bits per heavy atom. The van der Waals surface area contributed by atoms with Gasteiger partial charge in [-0.2, -0.15) is 0 Å². The zero-order valence-corrected chi connectivity index (χ0v) is 8.61. The van der Waals surface area contributed by atoms with E-state index in [9.17, 15) is 0 Å². The lowest BCUT2D eigenvalue weighted by Gasteiger charge is -2.13. The molecule has 0 aromatic carbocycles. The number of aryl methyl sites for hydroxylation is 1. The van der Waals surface area contributed by atoms with Gasteiger partial charge in [-0.1, -0.05) is 12.8 Å². The Morgan fingerprint density at radius 3 is 2.57 bits per heavy atom. The molecule has 1 fully saturated rings. The van der Waals surface area contributed by atoms with Crippen molar-refractivity contribution in [3.8, 4) is 0 Å². The van der Waals surface area contributed by atoms with Crippen molar-refractivity contribution in [3.05, 3.63) is 23.8 Å². The van der Waals surface area contributed by atoms with Crippen LogP contribution in [-0.2, 0) is 0 Å². The van der Waals surface area contributed by atoms with Crippen LogP contribution in [0.15, 0.2) is 12.4 Å². The van der Waals surface area contributed by atoms with Crippen molar-refractivity contribution in [1.29, 1.82) is 0 Å². The number of rotatable bonds is 4. The molecule has 14 heavy (non-hydrogen) atoms. The molecule has 0 saturated heterocycles. The summed E-state index contributed by atoms with van der Waals surface area (Å²) in [6.07, 6.45) is 7.81. The lowest BCUT2D eigenvalue weighted by atomic mass is 9.96. The number of nitrogens with two attached hydrogens (primary N) is 1. The summed E-state index contributed by atoms with van der Waals surface area (Å²) in [5.74, 6) is 2.20. The summed E-state index contributed by atoms with van der Waals surface area (Å²) in [7, 11) is 0. The molecule has 1 aromatic rings. The summed E-state index contributed by atoms with van der Waals surface area (Å²) in [6, 6.07) is 0. The summed E-state index contributed by atoms with van der Waals surface area (Å²) < 4.78 is 0. The predicted molar refractivity (Wildman–Crippen MR) is 55.9 cm³/mol. The van der Waals surface area contributed by atoms with Crippen LogP contribution in [0.4, 0.5) is 0 Å². The quantitative estimate of drug-likeness (QED) is 0.787. The van der Waals surface area contributed by atoms with E-state index in [4.69, 9.17) is 5.73 Å². The van der Waals surface area contributed by atoms with Gasteiger partial charge in [0.15, 0.2) is 0 Å². The van der Waals surface area contributed by atoms with Crippen molar-refractivity contribution in [2.45, 2.75) is 32.1 Å². The van der Waals surface area contributed by atoms with E-state index in [1.54, 1.807) is 0 Å². The SMILES string of the molecule is Cc1ncc([C@@H](CN)CC2CC2)cn1. The maximum Gasteiger partial charge on any atom is 0.125 e. The van der Waals surface area contributed by atoms with E-state index in [0.717, 1.165) is 11.7 Å². The van der Waals surface area contributed by atoms with Gasteiger partial charge in [-0.25, -0.2) is 9.97 Å². The molecule has 2 N–H and O–H groups in total. The van der Waals surface area contributed by atoms with E-state index in [1.807, 2.05) is 19.3 Å². The number of aromatic nitrogens is 2. The summed E-state index contributed by atoms with van der Waals surface area (Å²) in [4.78, 5) is 8.42. The average Bonchev–Trinajstić information content (AvgIpc) is 3.00. The molecule has 1 aliphatic carbocycles. The maximum absolute atomic E-state index is 5.76. The predicted octanol–water partition coefficient (Wildman–Crippen LogP) is 1.63. The van der Waals surface area contributed by atoms with Gasteiger partial charge in [0.1, 0.15) is 5.82 Å². The second-order valence-corrected chi connectivity index (χ2v) is 4.18. The van der Waals surface area contributed by atoms with Gasteiger partial charge >= 0.3 is 0 Å². The van der Waals surface area contributed by atoms with Crippen LogP contribution in [0.3, 0.4) is 0 Å². The van der Waals surface area contributed by atoms with Crippen LogP contribution >= 0.6 is 0 Å². The highest BCUT2D eigenvalue weighted by Crippen LogP contribution is 2.37. The Labute approximate surface area is 84.8 Å². The second kappa shape index (κ2) is 4.05. The maximum atomic E-state index is 5.76. The van der Waals surface area contributed by atoms with Gasteiger partial charge < -0.3 is 5.73 Å². The summed E-state index contributed by atoms with van der Waals surface area (Å²) in [6.45, 7) is 2.62. The molecular formula is C11H17N3. The van der Waals surface area contributed by atoms with Crippen molar-refractivity contribution in [2.75, 3.05) is 6.54 Å². The molecular weight excluding hydrogens is 174 g/mol. The van der Waals surface area contributed by atoms with Gasteiger partial charge in [-0.05, 0) is 37.3 Å². The standard InChI is InChI=1S/C11H17N3/c1-8-13-6-11(7-14-8)10(5-12)4-9-2-3-9/h6-7,9-10H,2-5,12H2,1H3/t10-/m1/s1. The molecule has 0 aliphatic heterocycles. The van der Waals surface area contributed by atoms with Gasteiger partial charge in [-0.15, -0.1) is 0 Å². The van der Waals surface area contributed by atoms with Crippen LogP contribution in [0, 0.1) is 12.8 Å². The van der Waals surface area contributed by atoms with Gasteiger partial charge in [-0.3, -0.25) is 0 Å². The van der Waals surface area contributed by atoms with Gasteiger partial charge in [0.25, 0.3) is 0 Å². The molecule has 76 valence electrons. The highest BCUT2D eigenvalue weighted by Gasteiger charge is 2.25. The molecule has 1 aliphatic rings. The highest BCUT2D eigenvalue weighted by atomic mass is 14.8. The number of hydrogen-bond donors (Lipinski definition) is 1. The van der Waals surface area contributed by atoms with Crippen molar-refractivity contribution in [3.63, 3.8) is 0 Å². The van der Waals surface area contributed by atoms with Crippen molar-refractivity contribution < 1.29 is 0 Å². The lowest BCUT2D eigenvalue weighted by molar-refractivity contribution is 0.581. The van der Waals surface area contributed by atoms with Crippen LogP contribution in [0.1, 0.15) is 36.6 Å². The molecule has 0 amide bonds. The van der Waals surface area contributed by atoms with E-state index < -0.39 is 0 Å². The lowest BCUT2D eigenvalue weighted by Crippen LogP contribution is -2.14.